The quantitative estimate of drug-likeness (QED) is 0.691. The van der Waals surface area contributed by atoms with Crippen LogP contribution in [0.2, 0.25) is 0 Å². The molecular weight excluding hydrogens is 152 g/mol. The van der Waals surface area contributed by atoms with Gasteiger partial charge in [0.05, 0.1) is 11.9 Å². The molecule has 0 unspecified atom stereocenters. The average Bonchev–Trinajstić information content (AvgIpc) is 2.04. The molecule has 3 heteroatoms. The summed E-state index contributed by atoms with van der Waals surface area (Å²) < 4.78 is 0. The molecule has 1 aromatic rings. The standard InChI is InChI=1S/C9H12N2O/c1-7(2)11-9-5-10-4-3-8(9)6-12/h3-7,11H,1-2H3. The highest BCUT2D eigenvalue weighted by molar-refractivity contribution is 5.83. The molecule has 0 aliphatic heterocycles. The van der Waals surface area contributed by atoms with E-state index < -0.39 is 0 Å². The molecule has 0 amide bonds. The van der Waals surface area contributed by atoms with Gasteiger partial charge in [-0.1, -0.05) is 0 Å². The molecule has 1 N–H and O–H groups in total. The van der Waals surface area contributed by atoms with Gasteiger partial charge in [0.25, 0.3) is 0 Å². The Balaban J connectivity index is 2.89. The summed E-state index contributed by atoms with van der Waals surface area (Å²) in [4.78, 5) is 14.5. The SMILES string of the molecule is CC(C)Nc1cnccc1C=O. The molecule has 0 saturated carbocycles. The van der Waals surface area contributed by atoms with Crippen molar-refractivity contribution in [2.75, 3.05) is 5.32 Å². The minimum atomic E-state index is 0.313. The highest BCUT2D eigenvalue weighted by atomic mass is 16.1. The molecule has 0 aliphatic carbocycles. The van der Waals surface area contributed by atoms with Crippen molar-refractivity contribution in [3.05, 3.63) is 24.0 Å². The lowest BCUT2D eigenvalue weighted by Gasteiger charge is -2.10. The van der Waals surface area contributed by atoms with Crippen molar-refractivity contribution in [2.45, 2.75) is 19.9 Å². The van der Waals surface area contributed by atoms with Crippen LogP contribution < -0.4 is 5.32 Å². The zero-order valence-corrected chi connectivity index (χ0v) is 7.24. The lowest BCUT2D eigenvalue weighted by molar-refractivity contribution is 0.112. The molecule has 1 aromatic heterocycles. The summed E-state index contributed by atoms with van der Waals surface area (Å²) in [7, 11) is 0. The Hall–Kier alpha value is -1.38. The largest absolute Gasteiger partial charge is 0.381 e. The van der Waals surface area contributed by atoms with E-state index in [1.165, 1.54) is 0 Å². The average molecular weight is 164 g/mol. The first-order chi connectivity index (χ1) is 5.74. The van der Waals surface area contributed by atoms with Gasteiger partial charge >= 0.3 is 0 Å². The Labute approximate surface area is 71.8 Å². The van der Waals surface area contributed by atoms with Crippen LogP contribution in [0.3, 0.4) is 0 Å². The molecule has 0 fully saturated rings. The zero-order chi connectivity index (χ0) is 8.97. The Kier molecular flexibility index (Phi) is 2.80. The number of aromatic nitrogens is 1. The Morgan fingerprint density at radius 1 is 1.58 bits per heavy atom. The minimum absolute atomic E-state index is 0.313. The molecule has 0 radical (unpaired) electrons. The van der Waals surface area contributed by atoms with E-state index in [1.807, 2.05) is 13.8 Å². The van der Waals surface area contributed by atoms with Gasteiger partial charge in [0.1, 0.15) is 0 Å². The monoisotopic (exact) mass is 164 g/mol. The zero-order valence-electron chi connectivity index (χ0n) is 7.24. The number of aldehydes is 1. The van der Waals surface area contributed by atoms with Crippen molar-refractivity contribution in [3.63, 3.8) is 0 Å². The fraction of sp³-hybridized carbons (Fsp3) is 0.333. The number of anilines is 1. The third-order valence-corrected chi connectivity index (χ3v) is 1.43. The first-order valence-corrected chi connectivity index (χ1v) is 3.89. The number of hydrogen-bond donors (Lipinski definition) is 1. The summed E-state index contributed by atoms with van der Waals surface area (Å²) in [6.45, 7) is 4.03. The number of pyridine rings is 1. The molecule has 12 heavy (non-hydrogen) atoms. The molecule has 64 valence electrons. The molecule has 0 aliphatic rings. The molecule has 3 nitrogen and oxygen atoms in total. The Morgan fingerprint density at radius 3 is 2.92 bits per heavy atom. The summed E-state index contributed by atoms with van der Waals surface area (Å²) in [5, 5.41) is 3.13. The summed E-state index contributed by atoms with van der Waals surface area (Å²) in [5.74, 6) is 0. The van der Waals surface area contributed by atoms with E-state index in [4.69, 9.17) is 0 Å². The second-order valence-electron chi connectivity index (χ2n) is 2.88. The first-order valence-electron chi connectivity index (χ1n) is 3.89. The van der Waals surface area contributed by atoms with Gasteiger partial charge in [-0.15, -0.1) is 0 Å². The number of nitrogens with one attached hydrogen (secondary N) is 1. The van der Waals surface area contributed by atoms with E-state index in [-0.39, 0.29) is 0 Å². The molecule has 1 rings (SSSR count). The van der Waals surface area contributed by atoms with Crippen LogP contribution in [-0.2, 0) is 0 Å². The molecule has 0 aromatic carbocycles. The highest BCUT2D eigenvalue weighted by Crippen LogP contribution is 2.11. The highest BCUT2D eigenvalue weighted by Gasteiger charge is 2.00. The van der Waals surface area contributed by atoms with Gasteiger partial charge in [-0.25, -0.2) is 0 Å². The van der Waals surface area contributed by atoms with Crippen molar-refractivity contribution >= 4 is 12.0 Å². The van der Waals surface area contributed by atoms with Crippen molar-refractivity contribution in [3.8, 4) is 0 Å². The van der Waals surface area contributed by atoms with Crippen molar-refractivity contribution in [2.24, 2.45) is 0 Å². The topological polar surface area (TPSA) is 42.0 Å². The third kappa shape index (κ3) is 2.05. The van der Waals surface area contributed by atoms with E-state index in [0.717, 1.165) is 12.0 Å². The maximum absolute atomic E-state index is 10.5. The van der Waals surface area contributed by atoms with Crippen LogP contribution in [0.25, 0.3) is 0 Å². The van der Waals surface area contributed by atoms with Crippen LogP contribution in [0.4, 0.5) is 5.69 Å². The Bertz CT molecular complexity index is 271. The van der Waals surface area contributed by atoms with Crippen molar-refractivity contribution in [1.82, 2.24) is 4.98 Å². The fourth-order valence-electron chi connectivity index (χ4n) is 0.940. The predicted octanol–water partition coefficient (Wildman–Crippen LogP) is 1.71. The summed E-state index contributed by atoms with van der Waals surface area (Å²) in [6, 6.07) is 2.01. The van der Waals surface area contributed by atoms with E-state index in [9.17, 15) is 4.79 Å². The summed E-state index contributed by atoms with van der Waals surface area (Å²) >= 11 is 0. The van der Waals surface area contributed by atoms with Gasteiger partial charge in [0.2, 0.25) is 0 Å². The smallest absolute Gasteiger partial charge is 0.152 e. The summed E-state index contributed by atoms with van der Waals surface area (Å²) in [6.07, 6.45) is 4.09. The summed E-state index contributed by atoms with van der Waals surface area (Å²) in [5.41, 5.74) is 1.45. The lowest BCUT2D eigenvalue weighted by atomic mass is 10.2. The van der Waals surface area contributed by atoms with Crippen LogP contribution in [0, 0.1) is 0 Å². The number of carbonyl (C=O) groups excluding carboxylic acids is 1. The van der Waals surface area contributed by atoms with Gasteiger partial charge in [0.15, 0.2) is 6.29 Å². The van der Waals surface area contributed by atoms with E-state index in [1.54, 1.807) is 18.5 Å². The van der Waals surface area contributed by atoms with Gasteiger partial charge in [-0.2, -0.15) is 0 Å². The maximum Gasteiger partial charge on any atom is 0.152 e. The van der Waals surface area contributed by atoms with Crippen LogP contribution >= 0.6 is 0 Å². The lowest BCUT2D eigenvalue weighted by Crippen LogP contribution is -2.11. The third-order valence-electron chi connectivity index (χ3n) is 1.43. The maximum atomic E-state index is 10.5. The van der Waals surface area contributed by atoms with Gasteiger partial charge in [0, 0.05) is 17.8 Å². The predicted molar refractivity (Wildman–Crippen MR) is 48.4 cm³/mol. The van der Waals surface area contributed by atoms with Crippen LogP contribution in [0.1, 0.15) is 24.2 Å². The van der Waals surface area contributed by atoms with E-state index in [2.05, 4.69) is 10.3 Å². The molecule has 0 atom stereocenters. The van der Waals surface area contributed by atoms with E-state index in [0.29, 0.717) is 11.6 Å². The van der Waals surface area contributed by atoms with Crippen molar-refractivity contribution in [1.29, 1.82) is 0 Å². The van der Waals surface area contributed by atoms with Gasteiger partial charge in [-0.3, -0.25) is 9.78 Å². The van der Waals surface area contributed by atoms with Crippen LogP contribution in [0.15, 0.2) is 18.5 Å². The Morgan fingerprint density at radius 2 is 2.33 bits per heavy atom. The van der Waals surface area contributed by atoms with Gasteiger partial charge in [-0.05, 0) is 19.9 Å². The van der Waals surface area contributed by atoms with Crippen molar-refractivity contribution < 1.29 is 4.79 Å². The molecule has 0 bridgehead atoms. The second kappa shape index (κ2) is 3.85. The molecule has 1 heterocycles. The number of nitrogens with zero attached hydrogens (tertiary/aromatic N) is 1. The van der Waals surface area contributed by atoms with Crippen LogP contribution in [0.5, 0.6) is 0 Å². The number of rotatable bonds is 3. The van der Waals surface area contributed by atoms with E-state index >= 15 is 0 Å². The first kappa shape index (κ1) is 8.71. The number of hydrogen-bond acceptors (Lipinski definition) is 3. The normalized spacial score (nSPS) is 9.92. The molecule has 0 spiro atoms. The molecular formula is C9H12N2O. The molecule has 0 saturated heterocycles. The second-order valence-corrected chi connectivity index (χ2v) is 2.88. The van der Waals surface area contributed by atoms with Gasteiger partial charge < -0.3 is 5.32 Å². The number of carbonyl (C=O) groups is 1. The van der Waals surface area contributed by atoms with Crippen LogP contribution in [-0.4, -0.2) is 17.3 Å². The minimum Gasteiger partial charge on any atom is -0.381 e. The fourth-order valence-corrected chi connectivity index (χ4v) is 0.940.